The minimum absolute atomic E-state index is 0.219. The van der Waals surface area contributed by atoms with Gasteiger partial charge in [0.15, 0.2) is 0 Å². The second-order valence-corrected chi connectivity index (χ2v) is 3.46. The topological polar surface area (TPSA) is 61.2 Å². The second-order valence-electron chi connectivity index (χ2n) is 3.46. The maximum Gasteiger partial charge on any atom is 0.340 e. The third-order valence-electron chi connectivity index (χ3n) is 2.36. The molecule has 88 valence electrons. The van der Waals surface area contributed by atoms with Gasteiger partial charge in [0.2, 0.25) is 5.91 Å². The number of methoxy groups -OCH3 is 1. The van der Waals surface area contributed by atoms with E-state index in [0.717, 1.165) is 17.9 Å². The first kappa shape index (κ1) is 11.3. The van der Waals surface area contributed by atoms with Gasteiger partial charge >= 0.3 is 5.97 Å². The summed E-state index contributed by atoms with van der Waals surface area (Å²) >= 11 is 0. The zero-order valence-electron chi connectivity index (χ0n) is 9.23. The third-order valence-corrected chi connectivity index (χ3v) is 2.36. The van der Waals surface area contributed by atoms with Gasteiger partial charge in [0.05, 0.1) is 24.4 Å². The lowest BCUT2D eigenvalue weighted by Crippen LogP contribution is -2.09. The van der Waals surface area contributed by atoms with Crippen LogP contribution in [-0.2, 0) is 4.74 Å². The zero-order chi connectivity index (χ0) is 12.6. The van der Waals surface area contributed by atoms with Crippen LogP contribution in [0.1, 0.15) is 22.1 Å². The molecule has 0 atom stereocenters. The maximum atomic E-state index is 13.5. The summed E-state index contributed by atoms with van der Waals surface area (Å²) in [7, 11) is 1.16. The van der Waals surface area contributed by atoms with Crippen molar-refractivity contribution < 1.29 is 18.7 Å². The molecule has 0 N–H and O–H groups in total. The Morgan fingerprint density at radius 2 is 2.12 bits per heavy atom. The van der Waals surface area contributed by atoms with Crippen LogP contribution in [0.15, 0.2) is 18.3 Å². The van der Waals surface area contributed by atoms with E-state index in [0.29, 0.717) is 10.9 Å². The molecular formula is C11H9FN2O3. The number of aromatic nitrogens is 2. The largest absolute Gasteiger partial charge is 0.465 e. The van der Waals surface area contributed by atoms with Crippen molar-refractivity contribution in [3.63, 3.8) is 0 Å². The summed E-state index contributed by atoms with van der Waals surface area (Å²) in [4.78, 5) is 22.6. The molecule has 2 aromatic rings. The first-order chi connectivity index (χ1) is 8.04. The van der Waals surface area contributed by atoms with Crippen LogP contribution < -0.4 is 0 Å². The molecule has 0 unspecified atom stereocenters. The summed E-state index contributed by atoms with van der Waals surface area (Å²) in [5, 5.41) is 4.26. The van der Waals surface area contributed by atoms with Crippen molar-refractivity contribution in [2.24, 2.45) is 0 Å². The van der Waals surface area contributed by atoms with E-state index in [9.17, 15) is 14.0 Å². The molecule has 1 heterocycles. The lowest BCUT2D eigenvalue weighted by Gasteiger charge is -2.02. The Bertz CT molecular complexity index is 618. The third kappa shape index (κ3) is 1.77. The summed E-state index contributed by atoms with van der Waals surface area (Å²) in [6.45, 7) is 1.33. The Balaban J connectivity index is 2.71. The van der Waals surface area contributed by atoms with Crippen LogP contribution >= 0.6 is 0 Å². The standard InChI is InChI=1S/C11H9FN2O3/c1-6(15)14-10-4-8(11(16)17-2)9(12)3-7(10)5-13-14/h3-5H,1-2H3. The Kier molecular flexibility index (Phi) is 2.63. The van der Waals surface area contributed by atoms with E-state index < -0.39 is 11.8 Å². The number of hydrogen-bond donors (Lipinski definition) is 0. The number of carbonyl (C=O) groups is 2. The van der Waals surface area contributed by atoms with Gasteiger partial charge in [0.25, 0.3) is 0 Å². The minimum atomic E-state index is -0.791. The number of hydrogen-bond acceptors (Lipinski definition) is 4. The highest BCUT2D eigenvalue weighted by atomic mass is 19.1. The number of halogens is 1. The molecule has 6 heteroatoms. The van der Waals surface area contributed by atoms with E-state index >= 15 is 0 Å². The molecule has 0 spiro atoms. The van der Waals surface area contributed by atoms with Crippen LogP contribution in [0.5, 0.6) is 0 Å². The summed E-state index contributed by atoms with van der Waals surface area (Å²) in [5.41, 5.74) is 0.155. The summed E-state index contributed by atoms with van der Waals surface area (Å²) < 4.78 is 19.1. The van der Waals surface area contributed by atoms with Crippen molar-refractivity contribution in [2.45, 2.75) is 6.92 Å². The van der Waals surface area contributed by atoms with Crippen molar-refractivity contribution in [3.05, 3.63) is 29.7 Å². The predicted octanol–water partition coefficient (Wildman–Crippen LogP) is 1.62. The van der Waals surface area contributed by atoms with Gasteiger partial charge < -0.3 is 4.74 Å². The molecule has 17 heavy (non-hydrogen) atoms. The van der Waals surface area contributed by atoms with E-state index in [4.69, 9.17) is 0 Å². The molecule has 2 rings (SSSR count). The fourth-order valence-corrected chi connectivity index (χ4v) is 1.56. The van der Waals surface area contributed by atoms with Crippen LogP contribution in [0.3, 0.4) is 0 Å². The van der Waals surface area contributed by atoms with Crippen LogP contribution in [0.25, 0.3) is 10.9 Å². The minimum Gasteiger partial charge on any atom is -0.465 e. The van der Waals surface area contributed by atoms with Crippen molar-refractivity contribution in [1.29, 1.82) is 0 Å². The fourth-order valence-electron chi connectivity index (χ4n) is 1.56. The van der Waals surface area contributed by atoms with Gasteiger partial charge in [0.1, 0.15) is 5.82 Å². The molecule has 5 nitrogen and oxygen atoms in total. The van der Waals surface area contributed by atoms with E-state index in [1.165, 1.54) is 19.2 Å². The number of ether oxygens (including phenoxy) is 1. The van der Waals surface area contributed by atoms with E-state index in [2.05, 4.69) is 9.84 Å². The maximum absolute atomic E-state index is 13.5. The Hall–Kier alpha value is -2.24. The fraction of sp³-hybridized carbons (Fsp3) is 0.182. The van der Waals surface area contributed by atoms with Crippen LogP contribution in [-0.4, -0.2) is 28.8 Å². The van der Waals surface area contributed by atoms with Gasteiger partial charge in [-0.15, -0.1) is 0 Å². The summed E-state index contributed by atoms with van der Waals surface area (Å²) in [6, 6.07) is 2.40. The normalized spacial score (nSPS) is 10.5. The highest BCUT2D eigenvalue weighted by molar-refractivity contribution is 5.97. The molecular weight excluding hydrogens is 227 g/mol. The number of benzene rings is 1. The van der Waals surface area contributed by atoms with Crippen molar-refractivity contribution in [1.82, 2.24) is 9.78 Å². The monoisotopic (exact) mass is 236 g/mol. The highest BCUT2D eigenvalue weighted by Gasteiger charge is 2.16. The van der Waals surface area contributed by atoms with Gasteiger partial charge in [0, 0.05) is 12.3 Å². The molecule has 0 aliphatic carbocycles. The molecule has 0 bridgehead atoms. The summed E-state index contributed by atoms with van der Waals surface area (Å²) in [5.74, 6) is -1.81. The van der Waals surface area contributed by atoms with E-state index in [-0.39, 0.29) is 11.5 Å². The van der Waals surface area contributed by atoms with E-state index in [1.807, 2.05) is 0 Å². The smallest absolute Gasteiger partial charge is 0.340 e. The Labute approximate surface area is 95.8 Å². The quantitative estimate of drug-likeness (QED) is 0.706. The molecule has 0 radical (unpaired) electrons. The van der Waals surface area contributed by atoms with Crippen molar-refractivity contribution in [2.75, 3.05) is 7.11 Å². The molecule has 0 amide bonds. The predicted molar refractivity (Wildman–Crippen MR) is 57.3 cm³/mol. The number of esters is 1. The molecule has 1 aromatic heterocycles. The Morgan fingerprint density at radius 3 is 2.71 bits per heavy atom. The SMILES string of the molecule is COC(=O)c1cc2c(cnn2C(C)=O)cc1F. The number of rotatable bonds is 1. The van der Waals surface area contributed by atoms with Crippen molar-refractivity contribution in [3.8, 4) is 0 Å². The molecule has 1 aromatic carbocycles. The lowest BCUT2D eigenvalue weighted by atomic mass is 10.1. The van der Waals surface area contributed by atoms with Gasteiger partial charge in [-0.25, -0.2) is 13.9 Å². The molecule has 0 saturated carbocycles. The molecule has 0 saturated heterocycles. The highest BCUT2D eigenvalue weighted by Crippen LogP contribution is 2.19. The van der Waals surface area contributed by atoms with Gasteiger partial charge in [-0.1, -0.05) is 0 Å². The van der Waals surface area contributed by atoms with Gasteiger partial charge in [-0.3, -0.25) is 4.79 Å². The zero-order valence-corrected chi connectivity index (χ0v) is 9.23. The molecule has 0 fully saturated rings. The average molecular weight is 236 g/mol. The first-order valence-corrected chi connectivity index (χ1v) is 4.81. The lowest BCUT2D eigenvalue weighted by molar-refractivity contribution is 0.0595. The van der Waals surface area contributed by atoms with Gasteiger partial charge in [-0.05, 0) is 12.1 Å². The van der Waals surface area contributed by atoms with Crippen LogP contribution in [0.4, 0.5) is 4.39 Å². The Morgan fingerprint density at radius 1 is 1.41 bits per heavy atom. The molecule has 0 aliphatic rings. The van der Waals surface area contributed by atoms with Crippen LogP contribution in [0, 0.1) is 5.82 Å². The summed E-state index contributed by atoms with van der Waals surface area (Å²) in [6.07, 6.45) is 1.36. The number of carbonyl (C=O) groups excluding carboxylic acids is 2. The molecule has 0 aliphatic heterocycles. The second kappa shape index (κ2) is 3.97. The van der Waals surface area contributed by atoms with Gasteiger partial charge in [-0.2, -0.15) is 5.10 Å². The van der Waals surface area contributed by atoms with Crippen molar-refractivity contribution >= 4 is 22.8 Å². The first-order valence-electron chi connectivity index (χ1n) is 4.81. The number of nitrogens with zero attached hydrogens (tertiary/aromatic N) is 2. The van der Waals surface area contributed by atoms with Crippen LogP contribution in [0.2, 0.25) is 0 Å². The average Bonchev–Trinajstić information content (AvgIpc) is 2.69. The number of fused-ring (bicyclic) bond motifs is 1. The van der Waals surface area contributed by atoms with E-state index in [1.54, 1.807) is 0 Å².